The van der Waals surface area contributed by atoms with Crippen molar-refractivity contribution in [2.45, 2.75) is 52.5 Å². The highest BCUT2D eigenvalue weighted by molar-refractivity contribution is 5.96. The highest BCUT2D eigenvalue weighted by atomic mass is 16.2. The molecule has 4 nitrogen and oxygen atoms in total. The van der Waals surface area contributed by atoms with Crippen molar-refractivity contribution in [3.63, 3.8) is 0 Å². The number of carbonyl (C=O) groups excluding carboxylic acids is 2. The number of amides is 2. The third-order valence-electron chi connectivity index (χ3n) is 4.77. The Morgan fingerprint density at radius 1 is 0.963 bits per heavy atom. The molecule has 0 radical (unpaired) electrons. The van der Waals surface area contributed by atoms with Crippen LogP contribution in [-0.2, 0) is 4.79 Å². The number of benzene rings is 2. The fourth-order valence-electron chi connectivity index (χ4n) is 3.05. The van der Waals surface area contributed by atoms with Gasteiger partial charge in [0, 0.05) is 5.56 Å². The Kier molecular flexibility index (Phi) is 6.78. The lowest BCUT2D eigenvalue weighted by atomic mass is 9.85. The van der Waals surface area contributed by atoms with Gasteiger partial charge in [-0.05, 0) is 44.4 Å². The van der Waals surface area contributed by atoms with Crippen LogP contribution >= 0.6 is 0 Å². The Hall–Kier alpha value is -2.62. The summed E-state index contributed by atoms with van der Waals surface area (Å²) in [4.78, 5) is 26.3. The molecule has 2 unspecified atom stereocenters. The van der Waals surface area contributed by atoms with E-state index in [2.05, 4.69) is 19.3 Å². The predicted octanol–water partition coefficient (Wildman–Crippen LogP) is 4.79. The normalized spacial score (nSPS) is 13.5. The molecule has 0 aliphatic carbocycles. The van der Waals surface area contributed by atoms with Crippen molar-refractivity contribution in [2.75, 3.05) is 0 Å². The van der Waals surface area contributed by atoms with Crippen LogP contribution in [0.1, 0.15) is 62.9 Å². The SMILES string of the molecule is CCC(C)C(C(=O)NN(C(=O)c1ccccc1)C(C)(C)C)c1ccccc1. The molecule has 0 aliphatic rings. The van der Waals surface area contributed by atoms with E-state index in [9.17, 15) is 9.59 Å². The van der Waals surface area contributed by atoms with Crippen molar-refractivity contribution in [1.82, 2.24) is 10.4 Å². The van der Waals surface area contributed by atoms with Gasteiger partial charge in [0.2, 0.25) is 5.91 Å². The predicted molar refractivity (Wildman–Crippen MR) is 109 cm³/mol. The lowest BCUT2D eigenvalue weighted by Gasteiger charge is -2.37. The monoisotopic (exact) mass is 366 g/mol. The molecular formula is C23H30N2O2. The first kappa shape index (κ1) is 20.7. The number of hydrogen-bond donors (Lipinski definition) is 1. The van der Waals surface area contributed by atoms with E-state index in [1.807, 2.05) is 69.3 Å². The Morgan fingerprint density at radius 3 is 1.96 bits per heavy atom. The van der Waals surface area contributed by atoms with Crippen LogP contribution < -0.4 is 5.43 Å². The van der Waals surface area contributed by atoms with Gasteiger partial charge >= 0.3 is 0 Å². The zero-order chi connectivity index (χ0) is 20.0. The first-order valence-electron chi connectivity index (χ1n) is 9.50. The number of hydrogen-bond acceptors (Lipinski definition) is 2. The van der Waals surface area contributed by atoms with E-state index < -0.39 is 5.54 Å². The molecule has 0 saturated heterocycles. The fourth-order valence-corrected chi connectivity index (χ4v) is 3.05. The van der Waals surface area contributed by atoms with E-state index in [1.165, 1.54) is 5.01 Å². The molecule has 0 heterocycles. The van der Waals surface area contributed by atoms with Gasteiger partial charge in [-0.25, -0.2) is 5.01 Å². The van der Waals surface area contributed by atoms with E-state index in [1.54, 1.807) is 12.1 Å². The second-order valence-corrected chi connectivity index (χ2v) is 7.93. The van der Waals surface area contributed by atoms with Crippen molar-refractivity contribution in [1.29, 1.82) is 0 Å². The molecule has 0 spiro atoms. The minimum Gasteiger partial charge on any atom is -0.273 e. The van der Waals surface area contributed by atoms with Crippen LogP contribution in [0.5, 0.6) is 0 Å². The Morgan fingerprint density at radius 2 is 1.48 bits per heavy atom. The average molecular weight is 367 g/mol. The zero-order valence-electron chi connectivity index (χ0n) is 16.9. The quantitative estimate of drug-likeness (QED) is 0.774. The molecule has 144 valence electrons. The third kappa shape index (κ3) is 5.19. The summed E-state index contributed by atoms with van der Waals surface area (Å²) in [5, 5.41) is 1.45. The number of rotatable bonds is 5. The molecule has 0 saturated carbocycles. The summed E-state index contributed by atoms with van der Waals surface area (Å²) in [6, 6.07) is 18.8. The molecule has 0 aromatic heterocycles. The molecule has 2 aromatic rings. The molecule has 2 aromatic carbocycles. The van der Waals surface area contributed by atoms with Gasteiger partial charge in [0.25, 0.3) is 5.91 Å². The molecule has 0 aliphatic heterocycles. The van der Waals surface area contributed by atoms with Gasteiger partial charge < -0.3 is 0 Å². The topological polar surface area (TPSA) is 49.4 Å². The van der Waals surface area contributed by atoms with Crippen LogP contribution in [0.15, 0.2) is 60.7 Å². The summed E-state index contributed by atoms with van der Waals surface area (Å²) >= 11 is 0. The van der Waals surface area contributed by atoms with E-state index in [0.717, 1.165) is 12.0 Å². The van der Waals surface area contributed by atoms with Gasteiger partial charge in [-0.3, -0.25) is 15.0 Å². The van der Waals surface area contributed by atoms with E-state index in [0.29, 0.717) is 5.56 Å². The average Bonchev–Trinajstić information content (AvgIpc) is 2.66. The van der Waals surface area contributed by atoms with Crippen LogP contribution in [0.4, 0.5) is 0 Å². The Balaban J connectivity index is 2.32. The maximum absolute atomic E-state index is 13.2. The molecule has 0 bridgehead atoms. The molecule has 2 atom stereocenters. The number of hydrazine groups is 1. The molecule has 4 heteroatoms. The second-order valence-electron chi connectivity index (χ2n) is 7.93. The molecule has 2 rings (SSSR count). The highest BCUT2D eigenvalue weighted by Gasteiger charge is 2.33. The minimum atomic E-state index is -0.556. The summed E-state index contributed by atoms with van der Waals surface area (Å²) in [5.74, 6) is -0.534. The van der Waals surface area contributed by atoms with Crippen LogP contribution in [0, 0.1) is 5.92 Å². The Labute approximate surface area is 162 Å². The van der Waals surface area contributed by atoms with Crippen LogP contribution in [0.2, 0.25) is 0 Å². The molecule has 2 amide bonds. The standard InChI is InChI=1S/C23H30N2O2/c1-6-17(2)20(18-13-9-7-10-14-18)21(26)24-25(23(3,4)5)22(27)19-15-11-8-12-16-19/h7-17,20H,6H2,1-5H3,(H,24,26). The summed E-state index contributed by atoms with van der Waals surface area (Å²) < 4.78 is 0. The van der Waals surface area contributed by atoms with Crippen LogP contribution in [0.25, 0.3) is 0 Å². The maximum atomic E-state index is 13.2. The van der Waals surface area contributed by atoms with Crippen LogP contribution in [-0.4, -0.2) is 22.4 Å². The molecule has 0 fully saturated rings. The van der Waals surface area contributed by atoms with Crippen molar-refractivity contribution >= 4 is 11.8 Å². The van der Waals surface area contributed by atoms with E-state index in [-0.39, 0.29) is 23.7 Å². The smallest absolute Gasteiger partial charge is 0.272 e. The largest absolute Gasteiger partial charge is 0.273 e. The third-order valence-corrected chi connectivity index (χ3v) is 4.77. The van der Waals surface area contributed by atoms with Gasteiger partial charge in [-0.2, -0.15) is 0 Å². The first-order chi connectivity index (χ1) is 12.8. The van der Waals surface area contributed by atoms with Crippen molar-refractivity contribution < 1.29 is 9.59 Å². The van der Waals surface area contributed by atoms with Crippen molar-refractivity contribution in [3.8, 4) is 0 Å². The van der Waals surface area contributed by atoms with Crippen molar-refractivity contribution in [2.24, 2.45) is 5.92 Å². The van der Waals surface area contributed by atoms with Gasteiger partial charge in [0.05, 0.1) is 11.5 Å². The second kappa shape index (κ2) is 8.85. The van der Waals surface area contributed by atoms with Gasteiger partial charge in [0.1, 0.15) is 0 Å². The van der Waals surface area contributed by atoms with E-state index >= 15 is 0 Å². The Bertz CT molecular complexity index is 751. The molecule has 27 heavy (non-hydrogen) atoms. The number of nitrogens with zero attached hydrogens (tertiary/aromatic N) is 1. The summed E-state index contributed by atoms with van der Waals surface area (Å²) in [6.45, 7) is 9.88. The van der Waals surface area contributed by atoms with E-state index in [4.69, 9.17) is 0 Å². The maximum Gasteiger partial charge on any atom is 0.272 e. The zero-order valence-corrected chi connectivity index (χ0v) is 16.9. The van der Waals surface area contributed by atoms with Gasteiger partial charge in [-0.15, -0.1) is 0 Å². The number of carbonyl (C=O) groups is 2. The lowest BCUT2D eigenvalue weighted by molar-refractivity contribution is -0.129. The molecule has 1 N–H and O–H groups in total. The van der Waals surface area contributed by atoms with Crippen LogP contribution in [0.3, 0.4) is 0 Å². The van der Waals surface area contributed by atoms with Gasteiger partial charge in [0.15, 0.2) is 0 Å². The number of nitrogens with one attached hydrogen (secondary N) is 1. The van der Waals surface area contributed by atoms with Crippen molar-refractivity contribution in [3.05, 3.63) is 71.8 Å². The van der Waals surface area contributed by atoms with Gasteiger partial charge in [-0.1, -0.05) is 68.8 Å². The first-order valence-corrected chi connectivity index (χ1v) is 9.50. The fraction of sp³-hybridized carbons (Fsp3) is 0.391. The summed E-state index contributed by atoms with van der Waals surface area (Å²) in [7, 11) is 0. The lowest BCUT2D eigenvalue weighted by Crippen LogP contribution is -2.57. The highest BCUT2D eigenvalue weighted by Crippen LogP contribution is 2.28. The summed E-state index contributed by atoms with van der Waals surface area (Å²) in [5.41, 5.74) is 3.87. The minimum absolute atomic E-state index is 0.154. The molecular weight excluding hydrogens is 336 g/mol. The summed E-state index contributed by atoms with van der Waals surface area (Å²) in [6.07, 6.45) is 0.870.